The summed E-state index contributed by atoms with van der Waals surface area (Å²) in [5, 5.41) is 0. The lowest BCUT2D eigenvalue weighted by Gasteiger charge is -2.18. The number of rotatable bonds is 33. The third-order valence-electron chi connectivity index (χ3n) is 7.40. The van der Waals surface area contributed by atoms with E-state index in [0.29, 0.717) is 12.8 Å². The van der Waals surface area contributed by atoms with Crippen molar-refractivity contribution >= 4 is 19.8 Å². The summed E-state index contributed by atoms with van der Waals surface area (Å²) >= 11 is 0. The van der Waals surface area contributed by atoms with Gasteiger partial charge in [0.2, 0.25) is 0 Å². The third-order valence-corrected chi connectivity index (χ3v) is 7.88. The highest BCUT2D eigenvalue weighted by molar-refractivity contribution is 7.46. The van der Waals surface area contributed by atoms with Crippen molar-refractivity contribution in [2.75, 3.05) is 13.2 Å². The Labute approximate surface area is 303 Å². The standard InChI is InChI=1S/C41H67O8P/c1-3-5-7-9-11-13-15-17-19-20-22-24-26-28-30-32-34-36-41(43)49-39(38-48-50(44,45)46)37-47-40(42)35-33-31-29-27-25-23-21-18-16-14-12-10-8-6-4-2/h6,8,11-14,17-19,21-22,24-25,27,39H,3-5,7,9-10,15-16,20,23,26,28-38H2,1-2H3,(H2,44,45,46)/b8-6-,13-11-,14-12-,19-17-,21-18-,24-22-,27-25-/t39-/m1/s1. The van der Waals surface area contributed by atoms with Crippen molar-refractivity contribution in [3.8, 4) is 0 Å². The molecule has 0 aliphatic carbocycles. The summed E-state index contributed by atoms with van der Waals surface area (Å²) in [4.78, 5) is 42.7. The molecule has 0 aliphatic heterocycles. The molecule has 0 bridgehead atoms. The normalized spacial score (nSPS) is 13.4. The van der Waals surface area contributed by atoms with Crippen LogP contribution in [-0.2, 0) is 28.2 Å². The zero-order valence-electron chi connectivity index (χ0n) is 31.0. The van der Waals surface area contributed by atoms with Gasteiger partial charge in [0.25, 0.3) is 0 Å². The van der Waals surface area contributed by atoms with E-state index in [1.807, 2.05) is 0 Å². The van der Waals surface area contributed by atoms with Gasteiger partial charge in [0.05, 0.1) is 6.61 Å². The second-order valence-corrected chi connectivity index (χ2v) is 13.4. The smallest absolute Gasteiger partial charge is 0.462 e. The molecule has 0 radical (unpaired) electrons. The van der Waals surface area contributed by atoms with Crippen LogP contribution in [-0.4, -0.2) is 41.0 Å². The first kappa shape index (κ1) is 47.2. The molecule has 0 fully saturated rings. The van der Waals surface area contributed by atoms with E-state index in [-0.39, 0.29) is 19.4 Å². The lowest BCUT2D eigenvalue weighted by atomic mass is 10.1. The van der Waals surface area contributed by atoms with Crippen LogP contribution >= 0.6 is 7.82 Å². The van der Waals surface area contributed by atoms with E-state index in [4.69, 9.17) is 19.3 Å². The van der Waals surface area contributed by atoms with Crippen molar-refractivity contribution in [1.82, 2.24) is 0 Å². The maximum atomic E-state index is 12.4. The second kappa shape index (κ2) is 36.0. The highest BCUT2D eigenvalue weighted by atomic mass is 31.2. The highest BCUT2D eigenvalue weighted by Crippen LogP contribution is 2.35. The fourth-order valence-corrected chi connectivity index (χ4v) is 4.96. The van der Waals surface area contributed by atoms with Gasteiger partial charge in [0, 0.05) is 12.8 Å². The van der Waals surface area contributed by atoms with Crippen molar-refractivity contribution in [2.45, 2.75) is 148 Å². The van der Waals surface area contributed by atoms with Crippen molar-refractivity contribution < 1.29 is 37.9 Å². The number of phosphoric acid groups is 1. The molecule has 9 heteroatoms. The Balaban J connectivity index is 4.11. The molecule has 0 saturated heterocycles. The molecule has 1 atom stereocenters. The second-order valence-electron chi connectivity index (χ2n) is 12.2. The first-order chi connectivity index (χ1) is 24.3. The lowest BCUT2D eigenvalue weighted by molar-refractivity contribution is -0.161. The van der Waals surface area contributed by atoms with E-state index in [9.17, 15) is 14.2 Å². The van der Waals surface area contributed by atoms with Crippen molar-refractivity contribution in [1.29, 1.82) is 0 Å². The van der Waals surface area contributed by atoms with E-state index in [1.165, 1.54) is 25.7 Å². The summed E-state index contributed by atoms with van der Waals surface area (Å²) in [7, 11) is -4.77. The minimum Gasteiger partial charge on any atom is -0.462 e. The molecule has 0 aromatic rings. The number of carbonyl (C=O) groups excluding carboxylic acids is 2. The third kappa shape index (κ3) is 38.0. The van der Waals surface area contributed by atoms with Crippen LogP contribution < -0.4 is 0 Å². The van der Waals surface area contributed by atoms with Crippen LogP contribution in [0.15, 0.2) is 85.1 Å². The summed E-state index contributed by atoms with van der Waals surface area (Å²) in [5.74, 6) is -0.969. The van der Waals surface area contributed by atoms with Gasteiger partial charge in [-0.1, -0.05) is 125 Å². The average molecular weight is 719 g/mol. The predicted octanol–water partition coefficient (Wildman–Crippen LogP) is 11.3. The number of allylic oxidation sites excluding steroid dienone is 14. The zero-order valence-corrected chi connectivity index (χ0v) is 31.9. The van der Waals surface area contributed by atoms with Crippen molar-refractivity contribution in [2.24, 2.45) is 0 Å². The molecule has 2 N–H and O–H groups in total. The molecule has 0 unspecified atom stereocenters. The minimum atomic E-state index is -4.77. The molecule has 0 heterocycles. The van der Waals surface area contributed by atoms with Gasteiger partial charge in [0.15, 0.2) is 6.10 Å². The number of esters is 2. The van der Waals surface area contributed by atoms with Gasteiger partial charge in [-0.3, -0.25) is 14.1 Å². The maximum absolute atomic E-state index is 12.4. The first-order valence-corrected chi connectivity index (χ1v) is 20.4. The van der Waals surface area contributed by atoms with Crippen LogP contribution in [0.2, 0.25) is 0 Å². The van der Waals surface area contributed by atoms with Crippen molar-refractivity contribution in [3.05, 3.63) is 85.1 Å². The van der Waals surface area contributed by atoms with Crippen LogP contribution in [0, 0.1) is 0 Å². The molecule has 0 aliphatic rings. The largest absolute Gasteiger partial charge is 0.469 e. The highest BCUT2D eigenvalue weighted by Gasteiger charge is 2.22. The predicted molar refractivity (Wildman–Crippen MR) is 207 cm³/mol. The number of phosphoric ester groups is 1. The quantitative estimate of drug-likeness (QED) is 0.0298. The van der Waals surface area contributed by atoms with Gasteiger partial charge >= 0.3 is 19.8 Å². The topological polar surface area (TPSA) is 119 Å². The SMILES string of the molecule is CC/C=C\C/C=C\C/C=C\C/C=C\CCCCC(=O)OC[C@H](COP(=O)(O)O)OC(=O)CCCCCC/C=C\C/C=C\C/C=C\CCCCC. The Morgan fingerprint density at radius 2 is 0.960 bits per heavy atom. The van der Waals surface area contributed by atoms with Gasteiger partial charge in [0.1, 0.15) is 6.61 Å². The Bertz CT molecular complexity index is 1080. The average Bonchev–Trinajstić information content (AvgIpc) is 3.08. The molecule has 0 aromatic carbocycles. The number of unbranched alkanes of at least 4 members (excludes halogenated alkanes) is 9. The summed E-state index contributed by atoms with van der Waals surface area (Å²) in [6, 6.07) is 0. The van der Waals surface area contributed by atoms with Gasteiger partial charge in [-0.25, -0.2) is 4.57 Å². The van der Waals surface area contributed by atoms with Crippen LogP contribution in [0.5, 0.6) is 0 Å². The minimum absolute atomic E-state index is 0.172. The lowest BCUT2D eigenvalue weighted by Crippen LogP contribution is -2.29. The fourth-order valence-electron chi connectivity index (χ4n) is 4.60. The molecule has 0 amide bonds. The van der Waals surface area contributed by atoms with E-state index in [2.05, 4.69) is 103 Å². The Morgan fingerprint density at radius 1 is 0.540 bits per heavy atom. The van der Waals surface area contributed by atoms with Crippen LogP contribution in [0.1, 0.15) is 142 Å². The van der Waals surface area contributed by atoms with Gasteiger partial charge in [-0.15, -0.1) is 0 Å². The molecule has 0 aromatic heterocycles. The summed E-state index contributed by atoms with van der Waals surface area (Å²) in [5.41, 5.74) is 0. The number of carbonyl (C=O) groups is 2. The Kier molecular flexibility index (Phi) is 34.0. The van der Waals surface area contributed by atoms with Crippen LogP contribution in [0.3, 0.4) is 0 Å². The molecule has 8 nitrogen and oxygen atoms in total. The van der Waals surface area contributed by atoms with Crippen LogP contribution in [0.25, 0.3) is 0 Å². The number of ether oxygens (including phenoxy) is 2. The van der Waals surface area contributed by atoms with Gasteiger partial charge < -0.3 is 19.3 Å². The van der Waals surface area contributed by atoms with E-state index in [1.54, 1.807) is 0 Å². The molecule has 284 valence electrons. The molecular formula is C41H67O8P. The maximum Gasteiger partial charge on any atom is 0.469 e. The van der Waals surface area contributed by atoms with E-state index >= 15 is 0 Å². The Hall–Kier alpha value is -2.77. The molecule has 50 heavy (non-hydrogen) atoms. The first-order valence-electron chi connectivity index (χ1n) is 18.9. The zero-order chi connectivity index (χ0) is 36.8. The van der Waals surface area contributed by atoms with Gasteiger partial charge in [-0.2, -0.15) is 0 Å². The number of hydrogen-bond donors (Lipinski definition) is 2. The van der Waals surface area contributed by atoms with Crippen LogP contribution in [0.4, 0.5) is 0 Å². The fraction of sp³-hybridized carbons (Fsp3) is 0.610. The number of hydrogen-bond acceptors (Lipinski definition) is 6. The van der Waals surface area contributed by atoms with Crippen molar-refractivity contribution in [3.63, 3.8) is 0 Å². The van der Waals surface area contributed by atoms with E-state index in [0.717, 1.165) is 77.0 Å². The Morgan fingerprint density at radius 3 is 1.46 bits per heavy atom. The van der Waals surface area contributed by atoms with Gasteiger partial charge in [-0.05, 0) is 89.9 Å². The monoisotopic (exact) mass is 718 g/mol. The summed E-state index contributed by atoms with van der Waals surface area (Å²) in [6.07, 6.45) is 47.3. The summed E-state index contributed by atoms with van der Waals surface area (Å²) in [6.45, 7) is 3.46. The molecular weight excluding hydrogens is 651 g/mol. The van der Waals surface area contributed by atoms with E-state index < -0.39 is 32.5 Å². The molecule has 0 saturated carbocycles. The summed E-state index contributed by atoms with van der Waals surface area (Å²) < 4.78 is 26.3. The molecule has 0 rings (SSSR count). The molecule has 0 spiro atoms.